The number of methoxy groups -OCH3 is 2. The predicted octanol–water partition coefficient (Wildman–Crippen LogP) is 1.16. The molecule has 0 fully saturated rings. The number of phenols is 1. The van der Waals surface area contributed by atoms with Crippen LogP contribution in [0, 0.1) is 0 Å². The van der Waals surface area contributed by atoms with Crippen molar-refractivity contribution in [2.24, 2.45) is 0 Å². The quantitative estimate of drug-likeness (QED) is 0.482. The summed E-state index contributed by atoms with van der Waals surface area (Å²) in [5.74, 6) is -1.87. The zero-order chi connectivity index (χ0) is 13.7. The van der Waals surface area contributed by atoms with Gasteiger partial charge in [0, 0.05) is 5.56 Å². The first kappa shape index (κ1) is 13.8. The Balaban J connectivity index is 3.15. The third-order valence-corrected chi connectivity index (χ3v) is 2.18. The monoisotopic (exact) mass is 254 g/mol. The molecule has 0 aliphatic heterocycles. The van der Waals surface area contributed by atoms with Gasteiger partial charge >= 0.3 is 5.97 Å². The summed E-state index contributed by atoms with van der Waals surface area (Å²) in [5.41, 5.74) is -0.0244. The summed E-state index contributed by atoms with van der Waals surface area (Å²) in [4.78, 5) is 23.0. The van der Waals surface area contributed by atoms with Gasteiger partial charge in [-0.3, -0.25) is 4.79 Å². The number of phenolic OH excluding ortho intramolecular Hbond substituents is 1. The second-order valence-corrected chi connectivity index (χ2v) is 3.28. The number of esters is 1. The second kappa shape index (κ2) is 5.90. The van der Waals surface area contributed by atoms with Crippen LogP contribution in [0.5, 0.6) is 17.2 Å². The fraction of sp³-hybridized carbons (Fsp3) is 0.333. The first-order valence-corrected chi connectivity index (χ1v) is 5.21. The van der Waals surface area contributed by atoms with Crippen molar-refractivity contribution in [3.8, 4) is 17.2 Å². The highest BCUT2D eigenvalue weighted by Crippen LogP contribution is 2.37. The topological polar surface area (TPSA) is 82.1 Å². The van der Waals surface area contributed by atoms with Crippen molar-refractivity contribution in [3.63, 3.8) is 0 Å². The Bertz CT molecular complexity index is 466. The second-order valence-electron chi connectivity index (χ2n) is 3.28. The predicted molar refractivity (Wildman–Crippen MR) is 62.2 cm³/mol. The highest BCUT2D eigenvalue weighted by Gasteiger charge is 2.21. The van der Waals surface area contributed by atoms with E-state index in [0.29, 0.717) is 0 Å². The standard InChI is InChI=1S/C12H14O6/c1-4-18-12(15)10(14)7-5-8(13)11(17-3)9(6-7)16-2/h5-6,13H,4H2,1-3H3. The molecule has 0 atom stereocenters. The van der Waals surface area contributed by atoms with Crippen LogP contribution in [0.3, 0.4) is 0 Å². The highest BCUT2D eigenvalue weighted by molar-refractivity contribution is 6.40. The van der Waals surface area contributed by atoms with E-state index in [-0.39, 0.29) is 29.4 Å². The lowest BCUT2D eigenvalue weighted by Gasteiger charge is -2.10. The smallest absolute Gasteiger partial charge is 0.379 e. The van der Waals surface area contributed by atoms with Gasteiger partial charge in [0.1, 0.15) is 0 Å². The minimum atomic E-state index is -0.982. The Labute approximate surface area is 104 Å². The molecule has 0 heterocycles. The molecule has 0 amide bonds. The molecule has 0 saturated carbocycles. The van der Waals surface area contributed by atoms with E-state index in [0.717, 1.165) is 6.07 Å². The van der Waals surface area contributed by atoms with Gasteiger partial charge in [-0.1, -0.05) is 0 Å². The maximum absolute atomic E-state index is 11.7. The van der Waals surface area contributed by atoms with E-state index in [2.05, 4.69) is 4.74 Å². The molecule has 1 N–H and O–H groups in total. The zero-order valence-corrected chi connectivity index (χ0v) is 10.4. The molecule has 98 valence electrons. The Morgan fingerprint density at radius 2 is 1.89 bits per heavy atom. The van der Waals surface area contributed by atoms with Crippen molar-refractivity contribution in [3.05, 3.63) is 17.7 Å². The largest absolute Gasteiger partial charge is 0.504 e. The van der Waals surface area contributed by atoms with E-state index in [1.165, 1.54) is 20.3 Å². The first-order chi connectivity index (χ1) is 8.54. The molecule has 0 saturated heterocycles. The first-order valence-electron chi connectivity index (χ1n) is 5.21. The molecule has 0 bridgehead atoms. The number of ketones is 1. The van der Waals surface area contributed by atoms with E-state index in [1.54, 1.807) is 6.92 Å². The molecule has 6 nitrogen and oxygen atoms in total. The Kier molecular flexibility index (Phi) is 4.53. The normalized spacial score (nSPS) is 9.72. The van der Waals surface area contributed by atoms with Crippen LogP contribution in [0.2, 0.25) is 0 Å². The number of rotatable bonds is 5. The number of Topliss-reactive ketones (excluding diaryl/α,β-unsaturated/α-hetero) is 1. The SMILES string of the molecule is CCOC(=O)C(=O)c1cc(O)c(OC)c(OC)c1. The highest BCUT2D eigenvalue weighted by atomic mass is 16.5. The van der Waals surface area contributed by atoms with Gasteiger partial charge in [0.25, 0.3) is 5.78 Å². The zero-order valence-electron chi connectivity index (χ0n) is 10.4. The minimum Gasteiger partial charge on any atom is -0.504 e. The molecular formula is C12H14O6. The minimum absolute atomic E-state index is 0.0244. The maximum Gasteiger partial charge on any atom is 0.379 e. The lowest BCUT2D eigenvalue weighted by Crippen LogP contribution is -2.17. The Morgan fingerprint density at radius 3 is 2.39 bits per heavy atom. The van der Waals surface area contributed by atoms with Gasteiger partial charge in [-0.25, -0.2) is 4.79 Å². The van der Waals surface area contributed by atoms with Crippen LogP contribution in [0.4, 0.5) is 0 Å². The van der Waals surface area contributed by atoms with Gasteiger partial charge in [0.05, 0.1) is 20.8 Å². The van der Waals surface area contributed by atoms with E-state index >= 15 is 0 Å². The number of ether oxygens (including phenoxy) is 3. The molecule has 0 unspecified atom stereocenters. The molecule has 0 aromatic heterocycles. The lowest BCUT2D eigenvalue weighted by atomic mass is 10.1. The van der Waals surface area contributed by atoms with Crippen LogP contribution in [-0.2, 0) is 9.53 Å². The molecule has 1 rings (SSSR count). The molecule has 0 aliphatic rings. The van der Waals surface area contributed by atoms with Gasteiger partial charge in [-0.05, 0) is 19.1 Å². The number of hydrogen-bond acceptors (Lipinski definition) is 6. The molecule has 1 aromatic rings. The van der Waals surface area contributed by atoms with Crippen molar-refractivity contribution in [2.75, 3.05) is 20.8 Å². The Morgan fingerprint density at radius 1 is 1.22 bits per heavy atom. The summed E-state index contributed by atoms with van der Waals surface area (Å²) < 4.78 is 14.5. The fourth-order valence-electron chi connectivity index (χ4n) is 1.39. The molecule has 0 spiro atoms. The van der Waals surface area contributed by atoms with E-state index < -0.39 is 11.8 Å². The molecule has 0 radical (unpaired) electrons. The summed E-state index contributed by atoms with van der Waals surface area (Å²) in [6.45, 7) is 1.70. The summed E-state index contributed by atoms with van der Waals surface area (Å²) in [6, 6.07) is 2.43. The number of hydrogen-bond donors (Lipinski definition) is 1. The van der Waals surface area contributed by atoms with Crippen LogP contribution in [-0.4, -0.2) is 37.7 Å². The van der Waals surface area contributed by atoms with Gasteiger partial charge < -0.3 is 19.3 Å². The third-order valence-electron chi connectivity index (χ3n) is 2.18. The van der Waals surface area contributed by atoms with Crippen molar-refractivity contribution in [1.82, 2.24) is 0 Å². The summed E-state index contributed by atoms with van der Waals surface area (Å²) in [5, 5.41) is 9.65. The summed E-state index contributed by atoms with van der Waals surface area (Å²) >= 11 is 0. The average molecular weight is 254 g/mol. The Hall–Kier alpha value is -2.24. The van der Waals surface area contributed by atoms with Crippen LogP contribution in [0.15, 0.2) is 12.1 Å². The van der Waals surface area contributed by atoms with Crippen molar-refractivity contribution in [2.45, 2.75) is 6.92 Å². The third kappa shape index (κ3) is 2.71. The summed E-state index contributed by atoms with van der Waals surface area (Å²) in [7, 11) is 2.71. The maximum atomic E-state index is 11.7. The van der Waals surface area contributed by atoms with Gasteiger partial charge in [-0.15, -0.1) is 0 Å². The molecule has 6 heteroatoms. The van der Waals surface area contributed by atoms with Gasteiger partial charge in [0.2, 0.25) is 5.75 Å². The van der Waals surface area contributed by atoms with Crippen LogP contribution in [0.25, 0.3) is 0 Å². The van der Waals surface area contributed by atoms with Crippen molar-refractivity contribution < 1.29 is 28.9 Å². The average Bonchev–Trinajstić information content (AvgIpc) is 2.36. The fourth-order valence-corrected chi connectivity index (χ4v) is 1.39. The molecule has 18 heavy (non-hydrogen) atoms. The lowest BCUT2D eigenvalue weighted by molar-refractivity contribution is -0.137. The molecule has 0 aliphatic carbocycles. The van der Waals surface area contributed by atoms with Crippen molar-refractivity contribution >= 4 is 11.8 Å². The van der Waals surface area contributed by atoms with Crippen LogP contribution in [0.1, 0.15) is 17.3 Å². The number of aromatic hydroxyl groups is 1. The van der Waals surface area contributed by atoms with E-state index in [4.69, 9.17) is 9.47 Å². The number of benzene rings is 1. The number of carbonyl (C=O) groups is 2. The van der Waals surface area contributed by atoms with E-state index in [1.807, 2.05) is 0 Å². The molecule has 1 aromatic carbocycles. The van der Waals surface area contributed by atoms with Crippen LogP contribution >= 0.6 is 0 Å². The van der Waals surface area contributed by atoms with Gasteiger partial charge in [-0.2, -0.15) is 0 Å². The van der Waals surface area contributed by atoms with Crippen LogP contribution < -0.4 is 9.47 Å². The number of carbonyl (C=O) groups excluding carboxylic acids is 2. The van der Waals surface area contributed by atoms with E-state index in [9.17, 15) is 14.7 Å². The summed E-state index contributed by atoms with van der Waals surface area (Å²) in [6.07, 6.45) is 0. The molecular weight excluding hydrogens is 240 g/mol. The van der Waals surface area contributed by atoms with Gasteiger partial charge in [0.15, 0.2) is 11.5 Å². The van der Waals surface area contributed by atoms with Crippen molar-refractivity contribution in [1.29, 1.82) is 0 Å².